The van der Waals surface area contributed by atoms with Crippen LogP contribution < -0.4 is 0 Å². The summed E-state index contributed by atoms with van der Waals surface area (Å²) in [5.41, 5.74) is 0. The highest BCUT2D eigenvalue weighted by molar-refractivity contribution is 7.80. The van der Waals surface area contributed by atoms with E-state index in [0.29, 0.717) is 5.92 Å². The van der Waals surface area contributed by atoms with Crippen LogP contribution in [0.25, 0.3) is 0 Å². The second-order valence-corrected chi connectivity index (χ2v) is 2.74. The second-order valence-electron chi connectivity index (χ2n) is 1.65. The third-order valence-electron chi connectivity index (χ3n) is 0.751. The lowest BCUT2D eigenvalue weighted by Gasteiger charge is -2.00. The first-order valence-electron chi connectivity index (χ1n) is 2.29. The minimum atomic E-state index is 0.0960. The van der Waals surface area contributed by atoms with Crippen LogP contribution in [-0.4, -0.2) is 20.3 Å². The monoisotopic (exact) mass is 134 g/mol. The predicted molar refractivity (Wildman–Crippen MR) is 35.8 cm³/mol. The fourth-order valence-corrected chi connectivity index (χ4v) is 1.05. The summed E-state index contributed by atoms with van der Waals surface area (Å²) in [7, 11) is 0.0960. The third-order valence-corrected chi connectivity index (χ3v) is 2.25. The van der Waals surface area contributed by atoms with Crippen LogP contribution in [0.5, 0.6) is 0 Å². The molecule has 1 N–H and O–H groups in total. The zero-order chi connectivity index (χ0) is 5.70. The fourth-order valence-electron chi connectivity index (χ4n) is 0.220. The van der Waals surface area contributed by atoms with Crippen molar-refractivity contribution in [3.05, 3.63) is 0 Å². The Morgan fingerprint density at radius 1 is 1.86 bits per heavy atom. The van der Waals surface area contributed by atoms with E-state index in [1.54, 1.807) is 0 Å². The fraction of sp³-hybridized carbons (Fsp3) is 1.00. The molecule has 0 bridgehead atoms. The average molecular weight is 134 g/mol. The van der Waals surface area contributed by atoms with Crippen molar-refractivity contribution < 1.29 is 4.80 Å². The van der Waals surface area contributed by atoms with Crippen LogP contribution in [0.2, 0.25) is 6.04 Å². The van der Waals surface area contributed by atoms with E-state index >= 15 is 0 Å². The summed E-state index contributed by atoms with van der Waals surface area (Å²) in [4.78, 5) is 8.36. The second kappa shape index (κ2) is 4.68. The standard InChI is InChI=1S/C4H10OSSi/c1-4(2-6)3-7-5/h4-6H,2-3H2,1H3. The van der Waals surface area contributed by atoms with Crippen molar-refractivity contribution in [3.8, 4) is 0 Å². The van der Waals surface area contributed by atoms with Crippen molar-refractivity contribution in [1.29, 1.82) is 0 Å². The van der Waals surface area contributed by atoms with Gasteiger partial charge in [-0.05, 0) is 17.7 Å². The van der Waals surface area contributed by atoms with E-state index in [9.17, 15) is 0 Å². The molecule has 2 radical (unpaired) electrons. The lowest BCUT2D eigenvalue weighted by atomic mass is 10.3. The van der Waals surface area contributed by atoms with E-state index in [1.807, 2.05) is 0 Å². The Balaban J connectivity index is 2.83. The Labute approximate surface area is 52.5 Å². The van der Waals surface area contributed by atoms with Gasteiger partial charge in [0.2, 0.25) is 9.76 Å². The molecule has 42 valence electrons. The summed E-state index contributed by atoms with van der Waals surface area (Å²) in [5.74, 6) is 1.46. The smallest absolute Gasteiger partial charge is 0.224 e. The van der Waals surface area contributed by atoms with Gasteiger partial charge in [0, 0.05) is 0 Å². The van der Waals surface area contributed by atoms with Crippen LogP contribution >= 0.6 is 12.6 Å². The SMILES string of the molecule is CC(CS)C[Si]O. The lowest BCUT2D eigenvalue weighted by Crippen LogP contribution is -1.99. The van der Waals surface area contributed by atoms with Gasteiger partial charge in [0.25, 0.3) is 0 Å². The molecule has 0 saturated heterocycles. The lowest BCUT2D eigenvalue weighted by molar-refractivity contribution is 0.580. The van der Waals surface area contributed by atoms with Gasteiger partial charge in [-0.3, -0.25) is 0 Å². The molecule has 0 spiro atoms. The van der Waals surface area contributed by atoms with Crippen molar-refractivity contribution in [1.82, 2.24) is 0 Å². The first kappa shape index (κ1) is 7.53. The molecule has 0 fully saturated rings. The Hall–Kier alpha value is 0.527. The van der Waals surface area contributed by atoms with Crippen LogP contribution in [0.4, 0.5) is 0 Å². The molecule has 1 unspecified atom stereocenters. The van der Waals surface area contributed by atoms with Gasteiger partial charge < -0.3 is 4.80 Å². The number of hydrogen-bond donors (Lipinski definition) is 2. The summed E-state index contributed by atoms with van der Waals surface area (Å²) in [6, 6.07) is 0.906. The molecule has 0 rings (SSSR count). The van der Waals surface area contributed by atoms with Crippen LogP contribution in [0.1, 0.15) is 6.92 Å². The molecule has 0 saturated carbocycles. The summed E-state index contributed by atoms with van der Waals surface area (Å²) in [6.45, 7) is 2.08. The average Bonchev–Trinajstić information content (AvgIpc) is 1.68. The maximum Gasteiger partial charge on any atom is 0.224 e. The minimum absolute atomic E-state index is 0.0960. The molecular weight excluding hydrogens is 124 g/mol. The Morgan fingerprint density at radius 2 is 2.43 bits per heavy atom. The molecule has 0 aliphatic heterocycles. The van der Waals surface area contributed by atoms with Gasteiger partial charge in [-0.2, -0.15) is 12.6 Å². The molecule has 7 heavy (non-hydrogen) atoms. The molecule has 0 aromatic heterocycles. The van der Waals surface area contributed by atoms with Gasteiger partial charge in [-0.15, -0.1) is 0 Å². The maximum absolute atomic E-state index is 8.36. The van der Waals surface area contributed by atoms with E-state index in [-0.39, 0.29) is 9.76 Å². The van der Waals surface area contributed by atoms with Crippen LogP contribution in [-0.2, 0) is 0 Å². The van der Waals surface area contributed by atoms with Crippen molar-refractivity contribution in [2.24, 2.45) is 5.92 Å². The molecule has 0 aromatic rings. The van der Waals surface area contributed by atoms with E-state index in [0.717, 1.165) is 11.8 Å². The summed E-state index contributed by atoms with van der Waals surface area (Å²) in [6.07, 6.45) is 0. The van der Waals surface area contributed by atoms with Gasteiger partial charge in [-0.1, -0.05) is 6.92 Å². The summed E-state index contributed by atoms with van der Waals surface area (Å²) < 4.78 is 0. The topological polar surface area (TPSA) is 20.2 Å². The predicted octanol–water partition coefficient (Wildman–Crippen LogP) is 0.582. The quantitative estimate of drug-likeness (QED) is 0.427. The molecule has 1 nitrogen and oxygen atoms in total. The van der Waals surface area contributed by atoms with E-state index in [2.05, 4.69) is 19.6 Å². The third kappa shape index (κ3) is 4.38. The summed E-state index contributed by atoms with van der Waals surface area (Å²) >= 11 is 4.04. The Kier molecular flexibility index (Phi) is 5.03. The van der Waals surface area contributed by atoms with Crippen LogP contribution in [0.15, 0.2) is 0 Å². The molecule has 0 amide bonds. The van der Waals surface area contributed by atoms with Crippen molar-refractivity contribution >= 4 is 22.4 Å². The molecule has 3 heteroatoms. The van der Waals surface area contributed by atoms with Gasteiger partial charge in [-0.25, -0.2) is 0 Å². The van der Waals surface area contributed by atoms with Crippen LogP contribution in [0.3, 0.4) is 0 Å². The summed E-state index contributed by atoms with van der Waals surface area (Å²) in [5, 5.41) is 0. The first-order valence-corrected chi connectivity index (χ1v) is 4.07. The molecule has 0 aliphatic carbocycles. The highest BCUT2D eigenvalue weighted by Gasteiger charge is 1.95. The highest BCUT2D eigenvalue weighted by Crippen LogP contribution is 2.01. The van der Waals surface area contributed by atoms with E-state index < -0.39 is 0 Å². The molecule has 0 heterocycles. The number of thiol groups is 1. The van der Waals surface area contributed by atoms with E-state index in [1.165, 1.54) is 0 Å². The van der Waals surface area contributed by atoms with Crippen LogP contribution in [0, 0.1) is 5.92 Å². The maximum atomic E-state index is 8.36. The molecule has 1 atom stereocenters. The van der Waals surface area contributed by atoms with Gasteiger partial charge in [0.1, 0.15) is 0 Å². The molecular formula is C4H10OSSi. The molecule has 0 aromatic carbocycles. The minimum Gasteiger partial charge on any atom is -0.432 e. The first-order chi connectivity index (χ1) is 3.31. The normalized spacial score (nSPS) is 14.1. The van der Waals surface area contributed by atoms with Crippen molar-refractivity contribution in [2.75, 3.05) is 5.75 Å². The number of rotatable bonds is 3. The van der Waals surface area contributed by atoms with Crippen molar-refractivity contribution in [3.63, 3.8) is 0 Å². The largest absolute Gasteiger partial charge is 0.432 e. The molecule has 0 aliphatic rings. The van der Waals surface area contributed by atoms with Gasteiger partial charge in [0.05, 0.1) is 0 Å². The van der Waals surface area contributed by atoms with Gasteiger partial charge >= 0.3 is 0 Å². The highest BCUT2D eigenvalue weighted by atomic mass is 32.1. The zero-order valence-electron chi connectivity index (χ0n) is 4.39. The zero-order valence-corrected chi connectivity index (χ0v) is 6.28. The Morgan fingerprint density at radius 3 is 2.57 bits per heavy atom. The number of hydrogen-bond acceptors (Lipinski definition) is 2. The Bertz CT molecular complexity index is 42.7. The van der Waals surface area contributed by atoms with Gasteiger partial charge in [0.15, 0.2) is 0 Å². The van der Waals surface area contributed by atoms with E-state index in [4.69, 9.17) is 4.80 Å². The van der Waals surface area contributed by atoms with Crippen molar-refractivity contribution in [2.45, 2.75) is 13.0 Å².